The van der Waals surface area contributed by atoms with Crippen molar-refractivity contribution in [3.63, 3.8) is 0 Å². The number of rotatable bonds is 8. The van der Waals surface area contributed by atoms with Crippen molar-refractivity contribution in [2.45, 2.75) is 33.4 Å². The Kier molecular flexibility index (Phi) is 8.34. The van der Waals surface area contributed by atoms with Crippen LogP contribution in [0.5, 0.6) is 5.75 Å². The first-order valence-corrected chi connectivity index (χ1v) is 9.57. The Labute approximate surface area is 167 Å². The third kappa shape index (κ3) is 6.61. The van der Waals surface area contributed by atoms with Gasteiger partial charge in [-0.2, -0.15) is 0 Å². The minimum Gasteiger partial charge on any atom is -0.489 e. The maximum atomic E-state index is 12.0. The number of para-hydroxylation sites is 1. The molecular formula is C22H30N4O2. The van der Waals surface area contributed by atoms with Crippen LogP contribution in [0, 0.1) is 6.92 Å². The van der Waals surface area contributed by atoms with Crippen LogP contribution in [0.4, 0.5) is 0 Å². The van der Waals surface area contributed by atoms with E-state index in [-0.39, 0.29) is 12.0 Å². The van der Waals surface area contributed by atoms with Gasteiger partial charge in [-0.1, -0.05) is 30.3 Å². The molecule has 0 saturated heterocycles. The molecule has 0 aliphatic heterocycles. The number of amides is 1. The molecule has 0 aliphatic carbocycles. The Morgan fingerprint density at radius 3 is 2.61 bits per heavy atom. The minimum absolute atomic E-state index is 0.0132. The summed E-state index contributed by atoms with van der Waals surface area (Å²) in [6, 6.07) is 15.5. The Balaban J connectivity index is 1.84. The van der Waals surface area contributed by atoms with Gasteiger partial charge in [0.2, 0.25) is 0 Å². The van der Waals surface area contributed by atoms with Gasteiger partial charge in [0.25, 0.3) is 5.91 Å². The van der Waals surface area contributed by atoms with E-state index >= 15 is 0 Å². The van der Waals surface area contributed by atoms with Gasteiger partial charge in [0.1, 0.15) is 11.9 Å². The van der Waals surface area contributed by atoms with Gasteiger partial charge in [-0.05, 0) is 50.1 Å². The number of carbonyl (C=O) groups excluding carboxylic acids is 1. The van der Waals surface area contributed by atoms with Crippen molar-refractivity contribution in [1.82, 2.24) is 16.0 Å². The van der Waals surface area contributed by atoms with Gasteiger partial charge in [0.05, 0.1) is 6.54 Å². The van der Waals surface area contributed by atoms with E-state index in [1.807, 2.05) is 69.3 Å². The average molecular weight is 383 g/mol. The van der Waals surface area contributed by atoms with Gasteiger partial charge in [-0.15, -0.1) is 0 Å². The van der Waals surface area contributed by atoms with Crippen LogP contribution in [0.15, 0.2) is 53.5 Å². The van der Waals surface area contributed by atoms with E-state index in [4.69, 9.17) is 4.74 Å². The van der Waals surface area contributed by atoms with Crippen molar-refractivity contribution in [3.8, 4) is 5.75 Å². The smallest absolute Gasteiger partial charge is 0.251 e. The molecule has 0 bridgehead atoms. The van der Waals surface area contributed by atoms with Crippen molar-refractivity contribution in [2.24, 2.45) is 4.99 Å². The molecular weight excluding hydrogens is 352 g/mol. The second-order valence-corrected chi connectivity index (χ2v) is 6.56. The van der Waals surface area contributed by atoms with E-state index in [2.05, 4.69) is 20.9 Å². The van der Waals surface area contributed by atoms with Gasteiger partial charge in [0.15, 0.2) is 5.96 Å². The van der Waals surface area contributed by atoms with Gasteiger partial charge < -0.3 is 20.7 Å². The number of guanidine groups is 1. The summed E-state index contributed by atoms with van der Waals surface area (Å²) in [6.07, 6.45) is -0.0132. The van der Waals surface area contributed by atoms with Crippen molar-refractivity contribution in [2.75, 3.05) is 20.1 Å². The summed E-state index contributed by atoms with van der Waals surface area (Å²) in [5.74, 6) is 1.51. The van der Waals surface area contributed by atoms with E-state index in [0.717, 1.165) is 16.9 Å². The summed E-state index contributed by atoms with van der Waals surface area (Å²) in [5.41, 5.74) is 2.78. The normalized spacial score (nSPS) is 12.2. The molecule has 1 amide bonds. The number of ether oxygens (including phenoxy) is 1. The van der Waals surface area contributed by atoms with Crippen LogP contribution < -0.4 is 20.7 Å². The first kappa shape index (κ1) is 21.3. The largest absolute Gasteiger partial charge is 0.489 e. The van der Waals surface area contributed by atoms with Crippen molar-refractivity contribution in [1.29, 1.82) is 0 Å². The molecule has 2 aromatic rings. The highest BCUT2D eigenvalue weighted by Gasteiger charge is 2.08. The molecule has 150 valence electrons. The number of nitrogens with one attached hydrogen (secondary N) is 3. The highest BCUT2D eigenvalue weighted by Crippen LogP contribution is 2.17. The van der Waals surface area contributed by atoms with Crippen LogP contribution in [0.1, 0.15) is 35.3 Å². The van der Waals surface area contributed by atoms with E-state index < -0.39 is 0 Å². The summed E-state index contributed by atoms with van der Waals surface area (Å²) in [6.45, 7) is 7.75. The predicted molar refractivity (Wildman–Crippen MR) is 114 cm³/mol. The summed E-state index contributed by atoms with van der Waals surface area (Å²) in [7, 11) is 1.73. The first-order valence-electron chi connectivity index (χ1n) is 9.57. The molecule has 0 radical (unpaired) electrons. The Hall–Kier alpha value is -3.02. The van der Waals surface area contributed by atoms with E-state index in [1.54, 1.807) is 7.05 Å². The van der Waals surface area contributed by atoms with E-state index in [1.165, 1.54) is 0 Å². The lowest BCUT2D eigenvalue weighted by Gasteiger charge is -2.19. The Morgan fingerprint density at radius 1 is 1.11 bits per heavy atom. The summed E-state index contributed by atoms with van der Waals surface area (Å²) in [4.78, 5) is 16.2. The van der Waals surface area contributed by atoms with Crippen LogP contribution in [0.25, 0.3) is 0 Å². The molecule has 0 saturated carbocycles. The minimum atomic E-state index is -0.0611. The molecule has 0 aromatic heterocycles. The van der Waals surface area contributed by atoms with Gasteiger partial charge >= 0.3 is 0 Å². The summed E-state index contributed by atoms with van der Waals surface area (Å²) >= 11 is 0. The molecule has 6 heteroatoms. The maximum absolute atomic E-state index is 12.0. The summed E-state index contributed by atoms with van der Waals surface area (Å²) < 4.78 is 5.98. The maximum Gasteiger partial charge on any atom is 0.251 e. The fourth-order valence-corrected chi connectivity index (χ4v) is 2.68. The van der Waals surface area contributed by atoms with E-state index in [0.29, 0.717) is 31.2 Å². The molecule has 0 spiro atoms. The zero-order valence-electron chi connectivity index (χ0n) is 17.1. The van der Waals surface area contributed by atoms with Gasteiger partial charge in [-0.25, -0.2) is 0 Å². The van der Waals surface area contributed by atoms with Crippen LogP contribution in [-0.4, -0.2) is 38.1 Å². The molecule has 2 aromatic carbocycles. The zero-order chi connectivity index (χ0) is 20.4. The Morgan fingerprint density at radius 2 is 1.89 bits per heavy atom. The van der Waals surface area contributed by atoms with Crippen molar-refractivity contribution >= 4 is 11.9 Å². The molecule has 0 fully saturated rings. The fourth-order valence-electron chi connectivity index (χ4n) is 2.68. The standard InChI is InChI=1S/C22H30N4O2/c1-5-24-21(27)19-11-8-10-18(13-19)15-26-22(23-4)25-14-17(3)28-20-12-7-6-9-16(20)2/h6-13,17H,5,14-15H2,1-4H3,(H,24,27)(H2,23,25,26). The average Bonchev–Trinajstić information content (AvgIpc) is 2.70. The van der Waals surface area contributed by atoms with Gasteiger partial charge in [0, 0.05) is 25.7 Å². The zero-order valence-corrected chi connectivity index (χ0v) is 17.1. The molecule has 1 unspecified atom stereocenters. The van der Waals surface area contributed by atoms with Crippen LogP contribution in [-0.2, 0) is 6.54 Å². The topological polar surface area (TPSA) is 74.8 Å². The lowest BCUT2D eigenvalue weighted by Crippen LogP contribution is -2.41. The molecule has 6 nitrogen and oxygen atoms in total. The number of nitrogens with zero attached hydrogens (tertiary/aromatic N) is 1. The Bertz CT molecular complexity index is 805. The lowest BCUT2D eigenvalue weighted by molar-refractivity contribution is 0.0955. The van der Waals surface area contributed by atoms with E-state index in [9.17, 15) is 4.79 Å². The molecule has 28 heavy (non-hydrogen) atoms. The third-order valence-corrected chi connectivity index (χ3v) is 4.19. The predicted octanol–water partition coefficient (Wildman–Crippen LogP) is 2.88. The number of carbonyl (C=O) groups is 1. The fraction of sp³-hybridized carbons (Fsp3) is 0.364. The second kappa shape index (κ2) is 11.0. The number of aryl methyl sites for hydroxylation is 1. The monoisotopic (exact) mass is 382 g/mol. The van der Waals surface area contributed by atoms with Crippen molar-refractivity contribution < 1.29 is 9.53 Å². The van der Waals surface area contributed by atoms with Crippen LogP contribution in [0.2, 0.25) is 0 Å². The molecule has 2 rings (SSSR count). The molecule has 0 heterocycles. The number of hydrogen-bond donors (Lipinski definition) is 3. The molecule has 3 N–H and O–H groups in total. The van der Waals surface area contributed by atoms with Crippen LogP contribution >= 0.6 is 0 Å². The highest BCUT2D eigenvalue weighted by molar-refractivity contribution is 5.94. The number of benzene rings is 2. The number of aliphatic imine (C=N–C) groups is 1. The quantitative estimate of drug-likeness (QED) is 0.485. The van der Waals surface area contributed by atoms with Gasteiger partial charge in [-0.3, -0.25) is 9.79 Å². The number of hydrogen-bond acceptors (Lipinski definition) is 3. The molecule has 0 aliphatic rings. The lowest BCUT2D eigenvalue weighted by atomic mass is 10.1. The third-order valence-electron chi connectivity index (χ3n) is 4.19. The van der Waals surface area contributed by atoms with Crippen molar-refractivity contribution in [3.05, 3.63) is 65.2 Å². The molecule has 1 atom stereocenters. The second-order valence-electron chi connectivity index (χ2n) is 6.56. The SMILES string of the molecule is CCNC(=O)c1cccc(CNC(=NC)NCC(C)Oc2ccccc2C)c1. The summed E-state index contributed by atoms with van der Waals surface area (Å²) in [5, 5.41) is 9.35. The van der Waals surface area contributed by atoms with Crippen LogP contribution in [0.3, 0.4) is 0 Å². The highest BCUT2D eigenvalue weighted by atomic mass is 16.5. The first-order chi connectivity index (χ1) is 13.5.